The number of esters is 1. The first-order valence-electron chi connectivity index (χ1n) is 8.29. The van der Waals surface area contributed by atoms with Crippen molar-refractivity contribution in [1.29, 1.82) is 0 Å². The smallest absolute Gasteiger partial charge is 0.410 e. The molecule has 0 bridgehead atoms. The highest BCUT2D eigenvalue weighted by Crippen LogP contribution is 2.22. The maximum Gasteiger partial charge on any atom is 0.410 e. The Labute approximate surface area is 127 Å². The fraction of sp³-hybridized carbons (Fsp3) is 0.875. The molecule has 5 heteroatoms. The maximum absolute atomic E-state index is 11.8. The molecule has 0 spiro atoms. The van der Waals surface area contributed by atoms with Crippen molar-refractivity contribution in [3.8, 4) is 0 Å². The van der Waals surface area contributed by atoms with E-state index in [0.717, 1.165) is 12.8 Å². The van der Waals surface area contributed by atoms with Crippen LogP contribution in [0, 0.1) is 5.92 Å². The average Bonchev–Trinajstić information content (AvgIpc) is 2.46. The second-order valence-corrected chi connectivity index (χ2v) is 5.75. The molecule has 0 radical (unpaired) electrons. The summed E-state index contributed by atoms with van der Waals surface area (Å²) in [6.07, 6.45) is 7.29. The average molecular weight is 299 g/mol. The van der Waals surface area contributed by atoms with Crippen molar-refractivity contribution >= 4 is 12.1 Å². The van der Waals surface area contributed by atoms with Crippen LogP contribution in [0.2, 0.25) is 0 Å². The molecule has 0 aliphatic heterocycles. The van der Waals surface area contributed by atoms with Crippen LogP contribution in [0.3, 0.4) is 0 Å². The Morgan fingerprint density at radius 2 is 1.81 bits per heavy atom. The summed E-state index contributed by atoms with van der Waals surface area (Å²) in [5.74, 6) is 0.245. The van der Waals surface area contributed by atoms with E-state index < -0.39 is 12.4 Å². The topological polar surface area (TPSA) is 64.6 Å². The lowest BCUT2D eigenvalue weighted by Crippen LogP contribution is -2.35. The van der Waals surface area contributed by atoms with E-state index >= 15 is 0 Å². The molecule has 1 N–H and O–H groups in total. The van der Waals surface area contributed by atoms with Crippen LogP contribution in [0.25, 0.3) is 0 Å². The normalized spacial score (nSPS) is 17.0. The summed E-state index contributed by atoms with van der Waals surface area (Å²) >= 11 is 0. The highest BCUT2D eigenvalue weighted by Gasteiger charge is 2.19. The van der Waals surface area contributed by atoms with Gasteiger partial charge in [-0.05, 0) is 31.6 Å². The van der Waals surface area contributed by atoms with Crippen molar-refractivity contribution in [2.75, 3.05) is 6.54 Å². The minimum atomic E-state index is -0.764. The third-order valence-electron chi connectivity index (χ3n) is 3.74. The van der Waals surface area contributed by atoms with Gasteiger partial charge in [0.15, 0.2) is 0 Å². The van der Waals surface area contributed by atoms with Crippen LogP contribution in [-0.4, -0.2) is 24.9 Å². The molecule has 5 nitrogen and oxygen atoms in total. The van der Waals surface area contributed by atoms with Crippen LogP contribution in [0.5, 0.6) is 0 Å². The first kappa shape index (κ1) is 17.8. The van der Waals surface area contributed by atoms with E-state index in [2.05, 4.69) is 5.32 Å². The van der Waals surface area contributed by atoms with Gasteiger partial charge in [-0.15, -0.1) is 0 Å². The standard InChI is InChI=1S/C16H29NO4/c1-3-8-14(18)20-15(9-4-2)21-16(19)17-12-13-10-6-5-7-11-13/h13,15H,3-12H2,1-2H3,(H,17,19). The van der Waals surface area contributed by atoms with Crippen LogP contribution < -0.4 is 5.32 Å². The second kappa shape index (κ2) is 10.5. The molecule has 1 unspecified atom stereocenters. The van der Waals surface area contributed by atoms with E-state index in [1.165, 1.54) is 32.1 Å². The monoisotopic (exact) mass is 299 g/mol. The number of hydrogen-bond acceptors (Lipinski definition) is 4. The quantitative estimate of drug-likeness (QED) is 0.547. The van der Waals surface area contributed by atoms with E-state index in [-0.39, 0.29) is 5.97 Å². The largest absolute Gasteiger partial charge is 0.425 e. The molecule has 0 aromatic rings. The summed E-state index contributed by atoms with van der Waals surface area (Å²) in [4.78, 5) is 23.3. The number of carbonyl (C=O) groups excluding carboxylic acids is 2. The van der Waals surface area contributed by atoms with Crippen molar-refractivity contribution in [3.05, 3.63) is 0 Å². The number of nitrogens with one attached hydrogen (secondary N) is 1. The first-order valence-corrected chi connectivity index (χ1v) is 8.29. The molecule has 0 heterocycles. The first-order chi connectivity index (χ1) is 10.2. The van der Waals surface area contributed by atoms with Gasteiger partial charge in [0.25, 0.3) is 0 Å². The van der Waals surface area contributed by atoms with Gasteiger partial charge in [0.1, 0.15) is 0 Å². The molecule has 1 aliphatic rings. The molecule has 1 saturated carbocycles. The van der Waals surface area contributed by atoms with Gasteiger partial charge in [-0.2, -0.15) is 0 Å². The molecule has 0 aromatic heterocycles. The molecule has 1 rings (SSSR count). The third kappa shape index (κ3) is 7.93. The molecule has 1 amide bonds. The number of rotatable bonds is 8. The molecular weight excluding hydrogens is 270 g/mol. The zero-order valence-corrected chi connectivity index (χ0v) is 13.4. The number of ether oxygens (including phenoxy) is 2. The minimum Gasteiger partial charge on any atom is -0.425 e. The van der Waals surface area contributed by atoms with Crippen molar-refractivity contribution < 1.29 is 19.1 Å². The number of hydrogen-bond donors (Lipinski definition) is 1. The van der Waals surface area contributed by atoms with E-state index in [9.17, 15) is 9.59 Å². The van der Waals surface area contributed by atoms with Crippen molar-refractivity contribution in [2.45, 2.75) is 77.9 Å². The molecule has 1 aliphatic carbocycles. The summed E-state index contributed by atoms with van der Waals surface area (Å²) in [6.45, 7) is 4.53. The Kier molecular flexibility index (Phi) is 8.87. The van der Waals surface area contributed by atoms with Gasteiger partial charge in [0.2, 0.25) is 6.29 Å². The van der Waals surface area contributed by atoms with E-state index in [1.54, 1.807) is 0 Å². The highest BCUT2D eigenvalue weighted by atomic mass is 16.7. The lowest BCUT2D eigenvalue weighted by molar-refractivity contribution is -0.168. The lowest BCUT2D eigenvalue weighted by Gasteiger charge is -2.22. The fourth-order valence-corrected chi connectivity index (χ4v) is 2.57. The molecule has 122 valence electrons. The summed E-state index contributed by atoms with van der Waals surface area (Å²) < 4.78 is 10.4. The summed E-state index contributed by atoms with van der Waals surface area (Å²) in [5.41, 5.74) is 0. The molecule has 21 heavy (non-hydrogen) atoms. The van der Waals surface area contributed by atoms with Crippen LogP contribution in [0.1, 0.15) is 71.6 Å². The predicted molar refractivity (Wildman–Crippen MR) is 80.8 cm³/mol. The number of amides is 1. The second-order valence-electron chi connectivity index (χ2n) is 5.75. The highest BCUT2D eigenvalue weighted by molar-refractivity contribution is 5.70. The maximum atomic E-state index is 11.8. The summed E-state index contributed by atoms with van der Waals surface area (Å²) in [5, 5.41) is 2.79. The Morgan fingerprint density at radius 1 is 1.10 bits per heavy atom. The van der Waals surface area contributed by atoms with Gasteiger partial charge in [-0.25, -0.2) is 4.79 Å². The number of carbonyl (C=O) groups is 2. The van der Waals surface area contributed by atoms with Gasteiger partial charge in [0, 0.05) is 19.4 Å². The zero-order chi connectivity index (χ0) is 15.5. The van der Waals surface area contributed by atoms with Crippen LogP contribution in [0.4, 0.5) is 4.79 Å². The molecule has 1 fully saturated rings. The van der Waals surface area contributed by atoms with E-state index in [1.807, 2.05) is 13.8 Å². The lowest BCUT2D eigenvalue weighted by atomic mass is 9.89. The van der Waals surface area contributed by atoms with E-state index in [0.29, 0.717) is 25.3 Å². The zero-order valence-electron chi connectivity index (χ0n) is 13.4. The van der Waals surface area contributed by atoms with Crippen LogP contribution >= 0.6 is 0 Å². The Balaban J connectivity index is 2.28. The van der Waals surface area contributed by atoms with Crippen LogP contribution in [0.15, 0.2) is 0 Å². The Hall–Kier alpha value is -1.26. The van der Waals surface area contributed by atoms with Gasteiger partial charge < -0.3 is 14.8 Å². The van der Waals surface area contributed by atoms with E-state index in [4.69, 9.17) is 9.47 Å². The molecule has 0 saturated heterocycles. The Morgan fingerprint density at radius 3 is 2.43 bits per heavy atom. The number of alkyl carbamates (subject to hydrolysis) is 1. The minimum absolute atomic E-state index is 0.309. The van der Waals surface area contributed by atoms with Gasteiger partial charge >= 0.3 is 12.1 Å². The van der Waals surface area contributed by atoms with Gasteiger partial charge in [-0.3, -0.25) is 4.79 Å². The third-order valence-corrected chi connectivity index (χ3v) is 3.74. The molecular formula is C16H29NO4. The summed E-state index contributed by atoms with van der Waals surface area (Å²) in [7, 11) is 0. The van der Waals surface area contributed by atoms with Gasteiger partial charge in [0.05, 0.1) is 0 Å². The van der Waals surface area contributed by atoms with Gasteiger partial charge in [-0.1, -0.05) is 33.1 Å². The Bertz CT molecular complexity index is 313. The van der Waals surface area contributed by atoms with Crippen LogP contribution in [-0.2, 0) is 14.3 Å². The molecule has 1 atom stereocenters. The van der Waals surface area contributed by atoms with Crippen molar-refractivity contribution in [3.63, 3.8) is 0 Å². The fourth-order valence-electron chi connectivity index (χ4n) is 2.57. The SMILES string of the molecule is CCCC(=O)OC(CCC)OC(=O)NCC1CCCCC1. The summed E-state index contributed by atoms with van der Waals surface area (Å²) in [6, 6.07) is 0. The molecule has 0 aromatic carbocycles. The predicted octanol–water partition coefficient (Wildman–Crippen LogP) is 3.76. The van der Waals surface area contributed by atoms with Crippen molar-refractivity contribution in [1.82, 2.24) is 5.32 Å². The van der Waals surface area contributed by atoms with Crippen molar-refractivity contribution in [2.24, 2.45) is 5.92 Å².